The molecule has 0 aliphatic heterocycles. The highest BCUT2D eigenvalue weighted by Gasteiger charge is 2.26. The molecule has 0 bridgehead atoms. The first kappa shape index (κ1) is 13.8. The number of rotatable bonds is 5. The lowest BCUT2D eigenvalue weighted by molar-refractivity contribution is 0.453. The third-order valence-electron chi connectivity index (χ3n) is 2.81. The van der Waals surface area contributed by atoms with E-state index in [4.69, 9.17) is 0 Å². The van der Waals surface area contributed by atoms with Crippen LogP contribution in [0.4, 0.5) is 0 Å². The minimum Gasteiger partial charge on any atom is -0.240 e. The van der Waals surface area contributed by atoms with E-state index in [1.165, 1.54) is 10.5 Å². The molecule has 0 atom stereocenters. The standard InChI is InChI=1S/C13H17N3O2S/c1-4-15(10-11(2)3)19(17,18)13-9-14-16-8-6-5-7-12(13)16/h5-9H,2,4,10H2,1,3H3. The smallest absolute Gasteiger partial charge is 0.240 e. The van der Waals surface area contributed by atoms with Gasteiger partial charge in [-0.15, -0.1) is 0 Å². The van der Waals surface area contributed by atoms with Crippen LogP contribution in [0.5, 0.6) is 0 Å². The predicted octanol–water partition coefficient (Wildman–Crippen LogP) is 1.92. The second-order valence-electron chi connectivity index (χ2n) is 4.43. The van der Waals surface area contributed by atoms with Gasteiger partial charge in [-0.1, -0.05) is 25.1 Å². The highest BCUT2D eigenvalue weighted by Crippen LogP contribution is 2.21. The number of aromatic nitrogens is 2. The van der Waals surface area contributed by atoms with E-state index in [2.05, 4.69) is 11.7 Å². The van der Waals surface area contributed by atoms with E-state index in [1.807, 2.05) is 19.9 Å². The third kappa shape index (κ3) is 2.54. The molecule has 0 aliphatic carbocycles. The highest BCUT2D eigenvalue weighted by atomic mass is 32.2. The molecule has 102 valence electrons. The van der Waals surface area contributed by atoms with Crippen molar-refractivity contribution < 1.29 is 8.42 Å². The fourth-order valence-corrected chi connectivity index (χ4v) is 3.53. The zero-order chi connectivity index (χ0) is 14.0. The van der Waals surface area contributed by atoms with Crippen molar-refractivity contribution in [1.82, 2.24) is 13.9 Å². The van der Waals surface area contributed by atoms with Crippen LogP contribution in [0.3, 0.4) is 0 Å². The Hall–Kier alpha value is -1.66. The van der Waals surface area contributed by atoms with Crippen molar-refractivity contribution in [2.24, 2.45) is 0 Å². The summed E-state index contributed by atoms with van der Waals surface area (Å²) in [6.07, 6.45) is 3.12. The maximum Gasteiger partial charge on any atom is 0.247 e. The summed E-state index contributed by atoms with van der Waals surface area (Å²) in [5.74, 6) is 0. The maximum atomic E-state index is 12.6. The Bertz CT molecular complexity index is 704. The third-order valence-corrected chi connectivity index (χ3v) is 4.75. The van der Waals surface area contributed by atoms with Gasteiger partial charge in [0.2, 0.25) is 10.0 Å². The molecule has 0 aromatic carbocycles. The molecule has 0 N–H and O–H groups in total. The van der Waals surface area contributed by atoms with Gasteiger partial charge in [-0.25, -0.2) is 12.9 Å². The van der Waals surface area contributed by atoms with E-state index in [0.717, 1.165) is 5.57 Å². The second-order valence-corrected chi connectivity index (χ2v) is 6.33. The number of sulfonamides is 1. The van der Waals surface area contributed by atoms with Crippen LogP contribution in [-0.4, -0.2) is 35.4 Å². The Balaban J connectivity index is 2.52. The Morgan fingerprint density at radius 1 is 1.47 bits per heavy atom. The maximum absolute atomic E-state index is 12.6. The molecule has 0 fully saturated rings. The van der Waals surface area contributed by atoms with Crippen molar-refractivity contribution in [3.63, 3.8) is 0 Å². The highest BCUT2D eigenvalue weighted by molar-refractivity contribution is 7.89. The number of fused-ring (bicyclic) bond motifs is 1. The monoisotopic (exact) mass is 279 g/mol. The summed E-state index contributed by atoms with van der Waals surface area (Å²) < 4.78 is 28.2. The van der Waals surface area contributed by atoms with Crippen LogP contribution in [-0.2, 0) is 10.0 Å². The molecule has 0 saturated heterocycles. The number of likely N-dealkylation sites (N-methyl/N-ethyl adjacent to an activating group) is 1. The van der Waals surface area contributed by atoms with Crippen molar-refractivity contribution in [3.8, 4) is 0 Å². The van der Waals surface area contributed by atoms with Gasteiger partial charge in [-0.2, -0.15) is 9.40 Å². The van der Waals surface area contributed by atoms with Gasteiger partial charge < -0.3 is 0 Å². The van der Waals surface area contributed by atoms with Gasteiger partial charge >= 0.3 is 0 Å². The van der Waals surface area contributed by atoms with E-state index in [0.29, 0.717) is 18.6 Å². The van der Waals surface area contributed by atoms with E-state index >= 15 is 0 Å². The van der Waals surface area contributed by atoms with Gasteiger partial charge in [0.25, 0.3) is 0 Å². The summed E-state index contributed by atoms with van der Waals surface area (Å²) in [4.78, 5) is 0.233. The zero-order valence-electron chi connectivity index (χ0n) is 11.1. The SMILES string of the molecule is C=C(C)CN(CC)S(=O)(=O)c1cnn2ccccc12. The van der Waals surface area contributed by atoms with Crippen LogP contribution in [0, 0.1) is 0 Å². The second kappa shape index (κ2) is 5.14. The molecule has 0 saturated carbocycles. The molecule has 2 aromatic rings. The molecule has 0 amide bonds. The molecule has 5 nitrogen and oxygen atoms in total. The predicted molar refractivity (Wildman–Crippen MR) is 74.4 cm³/mol. The minimum absolute atomic E-state index is 0.233. The Morgan fingerprint density at radius 3 is 2.84 bits per heavy atom. The average Bonchev–Trinajstić information content (AvgIpc) is 2.79. The van der Waals surface area contributed by atoms with Crippen molar-refractivity contribution in [2.75, 3.05) is 13.1 Å². The molecule has 0 radical (unpaired) electrons. The van der Waals surface area contributed by atoms with Gasteiger partial charge in [0, 0.05) is 19.3 Å². The van der Waals surface area contributed by atoms with Gasteiger partial charge in [0.1, 0.15) is 4.90 Å². The summed E-state index contributed by atoms with van der Waals surface area (Å²) in [6.45, 7) is 8.12. The molecule has 2 aromatic heterocycles. The minimum atomic E-state index is -3.54. The molecule has 2 heterocycles. The van der Waals surface area contributed by atoms with Crippen LogP contribution in [0.2, 0.25) is 0 Å². The molecule has 19 heavy (non-hydrogen) atoms. The summed E-state index contributed by atoms with van der Waals surface area (Å²) in [5.41, 5.74) is 1.39. The molecular weight excluding hydrogens is 262 g/mol. The van der Waals surface area contributed by atoms with Gasteiger partial charge in [-0.05, 0) is 19.1 Å². The van der Waals surface area contributed by atoms with E-state index in [9.17, 15) is 8.42 Å². The first-order valence-corrected chi connectivity index (χ1v) is 7.47. The number of hydrogen-bond donors (Lipinski definition) is 0. The van der Waals surface area contributed by atoms with E-state index in [-0.39, 0.29) is 4.90 Å². The Morgan fingerprint density at radius 2 is 2.21 bits per heavy atom. The Labute approximate surface area is 113 Å². The number of nitrogens with zero attached hydrogens (tertiary/aromatic N) is 3. The molecule has 0 aliphatic rings. The van der Waals surface area contributed by atoms with Gasteiger partial charge in [-0.3, -0.25) is 0 Å². The van der Waals surface area contributed by atoms with Gasteiger partial charge in [0.05, 0.1) is 11.7 Å². The van der Waals surface area contributed by atoms with E-state index in [1.54, 1.807) is 22.8 Å². The molecule has 6 heteroatoms. The van der Waals surface area contributed by atoms with Crippen LogP contribution in [0.1, 0.15) is 13.8 Å². The van der Waals surface area contributed by atoms with Crippen molar-refractivity contribution in [3.05, 3.63) is 42.7 Å². The lowest BCUT2D eigenvalue weighted by Crippen LogP contribution is -2.32. The van der Waals surface area contributed by atoms with Crippen LogP contribution in [0.25, 0.3) is 5.52 Å². The number of pyridine rings is 1. The molecule has 0 unspecified atom stereocenters. The van der Waals surface area contributed by atoms with Crippen molar-refractivity contribution in [1.29, 1.82) is 0 Å². The largest absolute Gasteiger partial charge is 0.247 e. The first-order chi connectivity index (χ1) is 8.96. The fraction of sp³-hybridized carbons (Fsp3) is 0.308. The Kier molecular flexibility index (Phi) is 3.73. The van der Waals surface area contributed by atoms with Crippen LogP contribution >= 0.6 is 0 Å². The van der Waals surface area contributed by atoms with Gasteiger partial charge in [0.15, 0.2) is 0 Å². The number of hydrogen-bond acceptors (Lipinski definition) is 3. The first-order valence-electron chi connectivity index (χ1n) is 6.03. The van der Waals surface area contributed by atoms with E-state index < -0.39 is 10.0 Å². The molecular formula is C13H17N3O2S. The summed E-state index contributed by atoms with van der Waals surface area (Å²) in [5, 5.41) is 4.07. The fourth-order valence-electron chi connectivity index (χ4n) is 1.92. The average molecular weight is 279 g/mol. The molecule has 0 spiro atoms. The topological polar surface area (TPSA) is 54.7 Å². The molecule has 2 rings (SSSR count). The lowest BCUT2D eigenvalue weighted by atomic mass is 10.3. The van der Waals surface area contributed by atoms with Crippen molar-refractivity contribution >= 4 is 15.5 Å². The lowest BCUT2D eigenvalue weighted by Gasteiger charge is -2.19. The summed E-state index contributed by atoms with van der Waals surface area (Å²) in [6, 6.07) is 5.35. The van der Waals surface area contributed by atoms with Crippen molar-refractivity contribution in [2.45, 2.75) is 18.7 Å². The van der Waals surface area contributed by atoms with Crippen LogP contribution < -0.4 is 0 Å². The zero-order valence-corrected chi connectivity index (χ0v) is 11.9. The normalized spacial score (nSPS) is 12.2. The summed E-state index contributed by atoms with van der Waals surface area (Å²) in [7, 11) is -3.54. The summed E-state index contributed by atoms with van der Waals surface area (Å²) >= 11 is 0. The van der Waals surface area contributed by atoms with Crippen LogP contribution in [0.15, 0.2) is 47.6 Å². The quantitative estimate of drug-likeness (QED) is 0.786.